The van der Waals surface area contributed by atoms with Crippen LogP contribution in [0.2, 0.25) is 0 Å². The van der Waals surface area contributed by atoms with Crippen molar-refractivity contribution in [1.82, 2.24) is 0 Å². The summed E-state index contributed by atoms with van der Waals surface area (Å²) in [7, 11) is 0. The Morgan fingerprint density at radius 2 is 2.20 bits per heavy atom. The average molecular weight is 294 g/mol. The van der Waals surface area contributed by atoms with Crippen LogP contribution in [0.15, 0.2) is 23.2 Å². The number of anilines is 1. The van der Waals surface area contributed by atoms with Gasteiger partial charge in [-0.1, -0.05) is 6.07 Å². The van der Waals surface area contributed by atoms with Crippen molar-refractivity contribution in [2.45, 2.75) is 19.0 Å². The van der Waals surface area contributed by atoms with E-state index >= 15 is 0 Å². The van der Waals surface area contributed by atoms with Gasteiger partial charge in [-0.15, -0.1) is 11.8 Å². The molecule has 20 heavy (non-hydrogen) atoms. The molecule has 0 aliphatic carbocycles. The Balaban J connectivity index is 2.36. The number of aliphatic carboxylic acids is 1. The molecule has 1 aliphatic rings. The Morgan fingerprint density at radius 3 is 2.80 bits per heavy atom. The van der Waals surface area contributed by atoms with Crippen molar-refractivity contribution >= 4 is 34.4 Å². The highest BCUT2D eigenvalue weighted by atomic mass is 32.2. The van der Waals surface area contributed by atoms with Gasteiger partial charge >= 0.3 is 11.9 Å². The monoisotopic (exact) mass is 294 g/mol. The molecule has 0 spiro atoms. The van der Waals surface area contributed by atoms with Gasteiger partial charge in [-0.25, -0.2) is 4.79 Å². The van der Waals surface area contributed by atoms with Gasteiger partial charge in [0.05, 0.1) is 29.6 Å². The molecule has 1 atom stereocenters. The zero-order valence-electron chi connectivity index (χ0n) is 10.8. The van der Waals surface area contributed by atoms with Gasteiger partial charge in [-0.2, -0.15) is 0 Å². The predicted molar refractivity (Wildman–Crippen MR) is 77.7 cm³/mol. The van der Waals surface area contributed by atoms with Crippen LogP contribution >= 0.6 is 11.8 Å². The Labute approximate surface area is 119 Å². The van der Waals surface area contributed by atoms with Gasteiger partial charge in [0.2, 0.25) is 0 Å². The number of carbonyl (C=O) groups is 2. The fraction of sp³-hybridized carbons (Fsp3) is 0.308. The van der Waals surface area contributed by atoms with Crippen LogP contribution in [0.3, 0.4) is 0 Å². The smallest absolute Gasteiger partial charge is 0.335 e. The second kappa shape index (κ2) is 5.96. The number of carboxylic acid groups (broad SMARTS) is 2. The minimum atomic E-state index is -1.01. The predicted octanol–water partition coefficient (Wildman–Crippen LogP) is 1.92. The molecule has 0 saturated heterocycles. The van der Waals surface area contributed by atoms with Gasteiger partial charge in [-0.05, 0) is 24.0 Å². The molecule has 106 valence electrons. The normalized spacial score (nSPS) is 17.4. The van der Waals surface area contributed by atoms with E-state index in [1.54, 1.807) is 6.07 Å². The van der Waals surface area contributed by atoms with Crippen molar-refractivity contribution in [2.75, 3.05) is 11.6 Å². The topological polar surface area (TPSA) is 99.0 Å². The van der Waals surface area contributed by atoms with Gasteiger partial charge in [-0.3, -0.25) is 9.79 Å². The number of nitrogens with one attached hydrogen (secondary N) is 1. The first-order valence-corrected chi connectivity index (χ1v) is 7.16. The quantitative estimate of drug-likeness (QED) is 0.787. The molecule has 7 heteroatoms. The highest BCUT2D eigenvalue weighted by molar-refractivity contribution is 8.13. The summed E-state index contributed by atoms with van der Waals surface area (Å²) in [5, 5.41) is 21.8. The van der Waals surface area contributed by atoms with E-state index in [-0.39, 0.29) is 12.0 Å². The third kappa shape index (κ3) is 3.11. The molecular weight excluding hydrogens is 280 g/mol. The van der Waals surface area contributed by atoms with Crippen molar-refractivity contribution in [2.24, 2.45) is 4.99 Å². The maximum atomic E-state index is 11.0. The highest BCUT2D eigenvalue weighted by Crippen LogP contribution is 2.26. The molecule has 0 amide bonds. The summed E-state index contributed by atoms with van der Waals surface area (Å²) in [6.07, 6.45) is 1.74. The first-order valence-electron chi connectivity index (χ1n) is 5.94. The molecule has 1 aliphatic heterocycles. The molecule has 0 saturated carbocycles. The molecule has 0 radical (unpaired) electrons. The zero-order chi connectivity index (χ0) is 14.7. The fourth-order valence-electron chi connectivity index (χ4n) is 2.02. The highest BCUT2D eigenvalue weighted by Gasteiger charge is 2.23. The molecule has 6 nitrogen and oxygen atoms in total. The van der Waals surface area contributed by atoms with Crippen LogP contribution in [-0.2, 0) is 11.3 Å². The Kier molecular flexibility index (Phi) is 4.29. The molecule has 1 heterocycles. The SMILES string of the molecule is CSC1=NCc2ccc(C(=O)O)cc2N[C@@H]1CC(=O)O. The summed E-state index contributed by atoms with van der Waals surface area (Å²) < 4.78 is 0. The number of thioether (sulfide) groups is 1. The first kappa shape index (κ1) is 14.4. The van der Waals surface area contributed by atoms with Crippen LogP contribution in [0, 0.1) is 0 Å². The number of hydrogen-bond donors (Lipinski definition) is 3. The van der Waals surface area contributed by atoms with E-state index in [1.807, 2.05) is 6.26 Å². The third-order valence-corrected chi connectivity index (χ3v) is 3.81. The van der Waals surface area contributed by atoms with Gasteiger partial charge in [0.15, 0.2) is 0 Å². The maximum absolute atomic E-state index is 11.0. The molecule has 0 aromatic heterocycles. The zero-order valence-corrected chi connectivity index (χ0v) is 11.6. The molecule has 0 bridgehead atoms. The van der Waals surface area contributed by atoms with Gasteiger partial charge in [0.1, 0.15) is 0 Å². The summed E-state index contributed by atoms with van der Waals surface area (Å²) in [6, 6.07) is 4.31. The Bertz CT molecular complexity index is 586. The molecule has 0 unspecified atom stereocenters. The third-order valence-electron chi connectivity index (χ3n) is 2.98. The van der Waals surface area contributed by atoms with E-state index in [0.29, 0.717) is 17.3 Å². The van der Waals surface area contributed by atoms with E-state index in [0.717, 1.165) is 5.56 Å². The van der Waals surface area contributed by atoms with Gasteiger partial charge in [0, 0.05) is 5.69 Å². The molecular formula is C13H14N2O4S. The Morgan fingerprint density at radius 1 is 1.45 bits per heavy atom. The van der Waals surface area contributed by atoms with Gasteiger partial charge in [0.25, 0.3) is 0 Å². The lowest BCUT2D eigenvalue weighted by atomic mass is 10.1. The average Bonchev–Trinajstić information content (AvgIpc) is 2.55. The number of hydrogen-bond acceptors (Lipinski definition) is 5. The van der Waals surface area contributed by atoms with E-state index in [2.05, 4.69) is 10.3 Å². The lowest BCUT2D eigenvalue weighted by molar-refractivity contribution is -0.136. The van der Waals surface area contributed by atoms with Crippen molar-refractivity contribution in [3.8, 4) is 0 Å². The number of carboxylic acids is 2. The van der Waals surface area contributed by atoms with Crippen LogP contribution in [0.25, 0.3) is 0 Å². The number of rotatable bonds is 3. The number of fused-ring (bicyclic) bond motifs is 1. The summed E-state index contributed by atoms with van der Waals surface area (Å²) in [5.74, 6) is -1.94. The molecule has 3 N–H and O–H groups in total. The van der Waals surface area contributed by atoms with Crippen LogP contribution in [0.4, 0.5) is 5.69 Å². The fourth-order valence-corrected chi connectivity index (χ4v) is 2.64. The van der Waals surface area contributed by atoms with Crippen molar-refractivity contribution < 1.29 is 19.8 Å². The number of benzene rings is 1. The van der Waals surface area contributed by atoms with Crippen LogP contribution in [-0.4, -0.2) is 39.5 Å². The molecule has 2 rings (SSSR count). The van der Waals surface area contributed by atoms with Crippen molar-refractivity contribution in [3.05, 3.63) is 29.3 Å². The van der Waals surface area contributed by atoms with E-state index < -0.39 is 18.0 Å². The standard InChI is InChI=1S/C13H14N2O4S/c1-20-12-10(5-11(16)17)15-9-4-7(13(18)19)2-3-8(9)6-14-12/h2-4,10,15H,5-6H2,1H3,(H,16,17)(H,18,19)/t10-/m1/s1. The largest absolute Gasteiger partial charge is 0.481 e. The number of aliphatic imine (C=N–C) groups is 1. The summed E-state index contributed by atoms with van der Waals surface area (Å²) in [5.41, 5.74) is 1.65. The lowest BCUT2D eigenvalue weighted by Crippen LogP contribution is -2.29. The molecule has 1 aromatic carbocycles. The molecule has 0 fully saturated rings. The van der Waals surface area contributed by atoms with Crippen molar-refractivity contribution in [3.63, 3.8) is 0 Å². The summed E-state index contributed by atoms with van der Waals surface area (Å²) in [4.78, 5) is 26.3. The van der Waals surface area contributed by atoms with E-state index in [4.69, 9.17) is 10.2 Å². The van der Waals surface area contributed by atoms with Crippen LogP contribution in [0.1, 0.15) is 22.3 Å². The van der Waals surface area contributed by atoms with E-state index in [1.165, 1.54) is 23.9 Å². The number of aromatic carboxylic acids is 1. The lowest BCUT2D eigenvalue weighted by Gasteiger charge is -2.18. The summed E-state index contributed by atoms with van der Waals surface area (Å²) in [6.45, 7) is 0.411. The summed E-state index contributed by atoms with van der Waals surface area (Å²) >= 11 is 1.40. The van der Waals surface area contributed by atoms with Crippen LogP contribution < -0.4 is 5.32 Å². The van der Waals surface area contributed by atoms with Crippen LogP contribution in [0.5, 0.6) is 0 Å². The molecule has 1 aromatic rings. The van der Waals surface area contributed by atoms with Crippen molar-refractivity contribution in [1.29, 1.82) is 0 Å². The maximum Gasteiger partial charge on any atom is 0.335 e. The second-order valence-electron chi connectivity index (χ2n) is 4.33. The van der Waals surface area contributed by atoms with Gasteiger partial charge < -0.3 is 15.5 Å². The number of nitrogens with zero attached hydrogens (tertiary/aromatic N) is 1. The minimum Gasteiger partial charge on any atom is -0.481 e. The van der Waals surface area contributed by atoms with E-state index in [9.17, 15) is 9.59 Å². The first-order chi connectivity index (χ1) is 9.51. The minimum absolute atomic E-state index is 0.101. The Hall–Kier alpha value is -2.02. The second-order valence-corrected chi connectivity index (χ2v) is 5.16.